The molecule has 0 unspecified atom stereocenters. The quantitative estimate of drug-likeness (QED) is 0.0814. The maximum atomic E-state index is 13.3. The standard InChI is InChI=1S/C38H42O10/c1-7-41-29-21-31(43-9-3)35(32(22-29)44-10-4)37(39)47-27-17-13-25(14-18-27)26-15-19-28(20-16-26)48-38(40)36-33(45-11-5)23-30(42-8-2)24-34(36)46-12-6/h13-24H,7-12H2,1-6H3. The van der Waals surface area contributed by atoms with Crippen LogP contribution in [0.4, 0.5) is 0 Å². The fraction of sp³-hybridized carbons (Fsp3) is 0.316. The van der Waals surface area contributed by atoms with Crippen LogP contribution in [-0.2, 0) is 0 Å². The average molecular weight is 659 g/mol. The highest BCUT2D eigenvalue weighted by Crippen LogP contribution is 2.37. The molecule has 0 spiro atoms. The van der Waals surface area contributed by atoms with Gasteiger partial charge in [-0.25, -0.2) is 9.59 Å². The van der Waals surface area contributed by atoms with E-state index in [0.29, 0.717) is 85.6 Å². The topological polar surface area (TPSA) is 108 Å². The van der Waals surface area contributed by atoms with Crippen LogP contribution in [0.1, 0.15) is 62.3 Å². The molecule has 0 atom stereocenters. The lowest BCUT2D eigenvalue weighted by molar-refractivity contribution is 0.0715. The fourth-order valence-electron chi connectivity index (χ4n) is 4.86. The monoisotopic (exact) mass is 658 g/mol. The molecular formula is C38H42O10. The van der Waals surface area contributed by atoms with Gasteiger partial charge < -0.3 is 37.9 Å². The van der Waals surface area contributed by atoms with Gasteiger partial charge in [0.15, 0.2) is 0 Å². The molecule has 0 saturated carbocycles. The predicted octanol–water partition coefficient (Wildman–Crippen LogP) is 8.18. The van der Waals surface area contributed by atoms with Crippen molar-refractivity contribution in [1.29, 1.82) is 0 Å². The van der Waals surface area contributed by atoms with E-state index in [1.807, 2.05) is 65.8 Å². The molecule has 0 heterocycles. The average Bonchev–Trinajstić information content (AvgIpc) is 3.06. The summed E-state index contributed by atoms with van der Waals surface area (Å²) >= 11 is 0. The number of hydrogen-bond donors (Lipinski definition) is 0. The number of esters is 2. The zero-order valence-electron chi connectivity index (χ0n) is 28.3. The van der Waals surface area contributed by atoms with Crippen molar-refractivity contribution in [2.24, 2.45) is 0 Å². The Morgan fingerprint density at radius 3 is 0.917 bits per heavy atom. The van der Waals surface area contributed by atoms with Gasteiger partial charge in [0.2, 0.25) is 0 Å². The highest BCUT2D eigenvalue weighted by Gasteiger charge is 2.25. The Hall–Kier alpha value is -5.38. The number of benzene rings is 4. The minimum atomic E-state index is -0.614. The third-order valence-corrected chi connectivity index (χ3v) is 6.77. The van der Waals surface area contributed by atoms with Crippen LogP contribution < -0.4 is 37.9 Å². The lowest BCUT2D eigenvalue weighted by Gasteiger charge is -2.17. The molecule has 0 aliphatic rings. The normalized spacial score (nSPS) is 10.5. The van der Waals surface area contributed by atoms with Gasteiger partial charge in [-0.3, -0.25) is 0 Å². The first-order valence-electron chi connectivity index (χ1n) is 16.1. The molecule has 0 aromatic heterocycles. The Morgan fingerprint density at radius 1 is 0.396 bits per heavy atom. The molecule has 0 N–H and O–H groups in total. The summed E-state index contributed by atoms with van der Waals surface area (Å²) < 4.78 is 45.7. The van der Waals surface area contributed by atoms with Crippen LogP contribution in [0.25, 0.3) is 11.1 Å². The molecule has 10 heteroatoms. The van der Waals surface area contributed by atoms with E-state index in [2.05, 4.69) is 0 Å². The maximum absolute atomic E-state index is 13.3. The number of rotatable bonds is 17. The maximum Gasteiger partial charge on any atom is 0.351 e. The summed E-state index contributed by atoms with van der Waals surface area (Å²) in [4.78, 5) is 26.7. The van der Waals surface area contributed by atoms with E-state index < -0.39 is 11.9 Å². The molecule has 0 saturated heterocycles. The van der Waals surface area contributed by atoms with Gasteiger partial charge in [-0.2, -0.15) is 0 Å². The van der Waals surface area contributed by atoms with E-state index in [0.717, 1.165) is 11.1 Å². The molecule has 4 rings (SSSR count). The van der Waals surface area contributed by atoms with Gasteiger partial charge in [0.05, 0.1) is 39.6 Å². The molecule has 0 radical (unpaired) electrons. The molecule has 48 heavy (non-hydrogen) atoms. The molecule has 254 valence electrons. The van der Waals surface area contributed by atoms with Gasteiger partial charge in [0.25, 0.3) is 0 Å². The minimum absolute atomic E-state index is 0.184. The van der Waals surface area contributed by atoms with Gasteiger partial charge in [-0.1, -0.05) is 24.3 Å². The van der Waals surface area contributed by atoms with Crippen LogP contribution >= 0.6 is 0 Å². The lowest BCUT2D eigenvalue weighted by atomic mass is 10.1. The summed E-state index contributed by atoms with van der Waals surface area (Å²) in [6, 6.07) is 20.8. The largest absolute Gasteiger partial charge is 0.494 e. The van der Waals surface area contributed by atoms with Crippen molar-refractivity contribution in [3.8, 4) is 57.1 Å². The van der Waals surface area contributed by atoms with Crippen LogP contribution in [0.2, 0.25) is 0 Å². The first-order chi connectivity index (χ1) is 23.3. The Labute approximate surface area is 281 Å². The van der Waals surface area contributed by atoms with Crippen molar-refractivity contribution in [1.82, 2.24) is 0 Å². The van der Waals surface area contributed by atoms with Crippen LogP contribution in [0.3, 0.4) is 0 Å². The van der Waals surface area contributed by atoms with Crippen molar-refractivity contribution in [2.45, 2.75) is 41.5 Å². The van der Waals surface area contributed by atoms with Gasteiger partial charge >= 0.3 is 11.9 Å². The Bertz CT molecular complexity index is 1480. The zero-order valence-corrected chi connectivity index (χ0v) is 28.3. The molecule has 4 aromatic rings. The van der Waals surface area contributed by atoms with E-state index >= 15 is 0 Å². The van der Waals surface area contributed by atoms with Crippen molar-refractivity contribution in [3.63, 3.8) is 0 Å². The van der Waals surface area contributed by atoms with Gasteiger partial charge in [0, 0.05) is 24.3 Å². The molecule has 0 fully saturated rings. The Morgan fingerprint density at radius 2 is 0.667 bits per heavy atom. The van der Waals surface area contributed by atoms with Crippen LogP contribution in [0.15, 0.2) is 72.8 Å². The lowest BCUT2D eigenvalue weighted by Crippen LogP contribution is -2.14. The smallest absolute Gasteiger partial charge is 0.351 e. The summed E-state index contributed by atoms with van der Waals surface area (Å²) in [7, 11) is 0. The van der Waals surface area contributed by atoms with E-state index in [1.165, 1.54) is 0 Å². The van der Waals surface area contributed by atoms with Gasteiger partial charge in [-0.15, -0.1) is 0 Å². The van der Waals surface area contributed by atoms with E-state index in [-0.39, 0.29) is 11.1 Å². The van der Waals surface area contributed by atoms with E-state index in [1.54, 1.807) is 48.5 Å². The molecule has 0 aliphatic carbocycles. The van der Waals surface area contributed by atoms with Crippen LogP contribution in [0, 0.1) is 0 Å². The van der Waals surface area contributed by atoms with Crippen LogP contribution in [-0.4, -0.2) is 51.6 Å². The molecular weight excluding hydrogens is 616 g/mol. The summed E-state index contributed by atoms with van der Waals surface area (Å²) in [5, 5.41) is 0. The van der Waals surface area contributed by atoms with E-state index in [4.69, 9.17) is 37.9 Å². The minimum Gasteiger partial charge on any atom is -0.494 e. The van der Waals surface area contributed by atoms with Crippen molar-refractivity contribution < 1.29 is 47.5 Å². The Kier molecular flexibility index (Phi) is 12.9. The second-order valence-corrected chi connectivity index (χ2v) is 10.0. The van der Waals surface area contributed by atoms with E-state index in [9.17, 15) is 9.59 Å². The van der Waals surface area contributed by atoms with Crippen LogP contribution in [0.5, 0.6) is 46.0 Å². The highest BCUT2D eigenvalue weighted by molar-refractivity contribution is 5.98. The summed E-state index contributed by atoms with van der Waals surface area (Å²) in [5.74, 6) is 1.81. The SMILES string of the molecule is CCOc1cc(OCC)c(C(=O)Oc2ccc(-c3ccc(OC(=O)c4c(OCC)cc(OCC)cc4OCC)cc3)cc2)c(OCC)c1. The first-order valence-corrected chi connectivity index (χ1v) is 16.1. The summed E-state index contributed by atoms with van der Waals surface area (Å²) in [5.41, 5.74) is 2.09. The second kappa shape index (κ2) is 17.5. The highest BCUT2D eigenvalue weighted by atomic mass is 16.6. The van der Waals surface area contributed by atoms with Gasteiger partial charge in [-0.05, 0) is 76.9 Å². The molecule has 4 aromatic carbocycles. The summed E-state index contributed by atoms with van der Waals surface area (Å²) in [6.45, 7) is 13.4. The predicted molar refractivity (Wildman–Crippen MR) is 182 cm³/mol. The van der Waals surface area contributed by atoms with Crippen molar-refractivity contribution in [2.75, 3.05) is 39.6 Å². The third kappa shape index (κ3) is 8.90. The molecule has 0 aliphatic heterocycles. The molecule has 0 bridgehead atoms. The number of carbonyl (C=O) groups excluding carboxylic acids is 2. The molecule has 10 nitrogen and oxygen atoms in total. The third-order valence-electron chi connectivity index (χ3n) is 6.77. The first kappa shape index (κ1) is 35.5. The second-order valence-electron chi connectivity index (χ2n) is 10.0. The number of hydrogen-bond acceptors (Lipinski definition) is 10. The fourth-order valence-corrected chi connectivity index (χ4v) is 4.86. The van der Waals surface area contributed by atoms with Crippen molar-refractivity contribution in [3.05, 3.63) is 83.9 Å². The Balaban J connectivity index is 1.50. The number of ether oxygens (including phenoxy) is 8. The zero-order chi connectivity index (χ0) is 34.5. The van der Waals surface area contributed by atoms with Gasteiger partial charge in [0.1, 0.15) is 57.1 Å². The van der Waals surface area contributed by atoms with Crippen molar-refractivity contribution >= 4 is 11.9 Å². The number of carbonyl (C=O) groups is 2. The molecule has 0 amide bonds. The summed E-state index contributed by atoms with van der Waals surface area (Å²) in [6.07, 6.45) is 0.